The summed E-state index contributed by atoms with van der Waals surface area (Å²) < 4.78 is 0. The van der Waals surface area contributed by atoms with Crippen LogP contribution < -0.4 is 33.2 Å². The predicted octanol–water partition coefficient (Wildman–Crippen LogP) is -0.694. The van der Waals surface area contributed by atoms with Gasteiger partial charge in [0, 0.05) is 30.1 Å². The number of aromatic nitrogens is 1. The Kier molecular flexibility index (Phi) is 11.1. The zero-order chi connectivity index (χ0) is 28.4. The molecule has 4 atom stereocenters. The minimum Gasteiger partial charge on any atom is -0.480 e. The number of amides is 3. The second-order valence-corrected chi connectivity index (χ2v) is 9.47. The first-order chi connectivity index (χ1) is 17.9. The molecule has 0 fully saturated rings. The summed E-state index contributed by atoms with van der Waals surface area (Å²) >= 11 is 0. The number of carbonyl (C=O) groups excluding carboxylic acids is 3. The number of nitrogens with one attached hydrogen (secondary N) is 4. The standard InChI is InChI=1S/C25H38N8O5/c1-13(2)20(26)23(36)31-14(3)21(34)33-19(11-15-12-30-17-8-5-4-7-16(15)17)22(35)32-18(24(37)38)9-6-10-29-25(27)28/h4-5,7-8,12-14,18-20,30H,6,9-11,26H2,1-3H3,(H,31,36)(H,32,35)(H,33,34)(H,37,38)(H4,27,28,29). The molecule has 0 bridgehead atoms. The SMILES string of the molecule is CC(NC(=O)C(N)C(C)C)C(=O)NC(Cc1c[nH]c2ccccc12)C(=O)NC(CCCN=C(N)N)C(=O)O. The summed E-state index contributed by atoms with van der Waals surface area (Å²) in [5.41, 5.74) is 18.0. The number of carboxylic acids is 1. The molecule has 0 saturated heterocycles. The molecule has 0 aliphatic carbocycles. The Morgan fingerprint density at radius 2 is 1.63 bits per heavy atom. The maximum atomic E-state index is 13.3. The summed E-state index contributed by atoms with van der Waals surface area (Å²) in [6.07, 6.45) is 2.20. The second-order valence-electron chi connectivity index (χ2n) is 9.47. The third-order valence-electron chi connectivity index (χ3n) is 6.06. The molecule has 11 N–H and O–H groups in total. The van der Waals surface area contributed by atoms with Crippen molar-refractivity contribution in [1.82, 2.24) is 20.9 Å². The van der Waals surface area contributed by atoms with Gasteiger partial charge in [-0.05, 0) is 37.3 Å². The Bertz CT molecular complexity index is 1160. The summed E-state index contributed by atoms with van der Waals surface area (Å²) in [6, 6.07) is 3.32. The van der Waals surface area contributed by atoms with E-state index in [4.69, 9.17) is 17.2 Å². The monoisotopic (exact) mass is 530 g/mol. The van der Waals surface area contributed by atoms with Crippen LogP contribution >= 0.6 is 0 Å². The van der Waals surface area contributed by atoms with Crippen molar-refractivity contribution in [3.63, 3.8) is 0 Å². The Labute approximate surface area is 221 Å². The number of hydrogen-bond acceptors (Lipinski definition) is 6. The van der Waals surface area contributed by atoms with E-state index in [-0.39, 0.29) is 31.3 Å². The summed E-state index contributed by atoms with van der Waals surface area (Å²) in [5, 5.41) is 18.2. The van der Waals surface area contributed by atoms with Crippen molar-refractivity contribution < 1.29 is 24.3 Å². The largest absolute Gasteiger partial charge is 0.480 e. The van der Waals surface area contributed by atoms with Gasteiger partial charge >= 0.3 is 5.97 Å². The fourth-order valence-corrected chi connectivity index (χ4v) is 3.74. The van der Waals surface area contributed by atoms with E-state index in [1.807, 2.05) is 24.3 Å². The van der Waals surface area contributed by atoms with E-state index in [1.54, 1.807) is 20.0 Å². The smallest absolute Gasteiger partial charge is 0.326 e. The highest BCUT2D eigenvalue weighted by Crippen LogP contribution is 2.19. The normalized spacial score (nSPS) is 14.2. The molecule has 4 unspecified atom stereocenters. The molecule has 13 nitrogen and oxygen atoms in total. The number of hydrogen-bond donors (Lipinski definition) is 8. The summed E-state index contributed by atoms with van der Waals surface area (Å²) in [5.74, 6) is -3.27. The van der Waals surface area contributed by atoms with Crippen LogP contribution in [0.4, 0.5) is 0 Å². The van der Waals surface area contributed by atoms with Gasteiger partial charge in [-0.25, -0.2) is 4.79 Å². The van der Waals surface area contributed by atoms with Gasteiger partial charge < -0.3 is 43.2 Å². The highest BCUT2D eigenvalue weighted by atomic mass is 16.4. The number of carbonyl (C=O) groups is 4. The molecular weight excluding hydrogens is 492 g/mol. The van der Waals surface area contributed by atoms with E-state index in [0.717, 1.165) is 16.5 Å². The molecular formula is C25H38N8O5. The lowest BCUT2D eigenvalue weighted by atomic mass is 10.0. The Hall–Kier alpha value is -4.13. The van der Waals surface area contributed by atoms with E-state index in [2.05, 4.69) is 25.9 Å². The van der Waals surface area contributed by atoms with Crippen molar-refractivity contribution in [2.24, 2.45) is 28.1 Å². The molecule has 2 rings (SSSR count). The number of nitrogens with zero attached hydrogens (tertiary/aromatic N) is 1. The van der Waals surface area contributed by atoms with Crippen LogP contribution in [0.15, 0.2) is 35.5 Å². The zero-order valence-corrected chi connectivity index (χ0v) is 21.9. The maximum absolute atomic E-state index is 13.3. The first-order valence-electron chi connectivity index (χ1n) is 12.4. The van der Waals surface area contributed by atoms with Gasteiger partial charge in [0.1, 0.15) is 18.1 Å². The molecule has 38 heavy (non-hydrogen) atoms. The molecule has 3 amide bonds. The van der Waals surface area contributed by atoms with E-state index in [9.17, 15) is 24.3 Å². The van der Waals surface area contributed by atoms with Gasteiger partial charge in [0.05, 0.1) is 6.04 Å². The maximum Gasteiger partial charge on any atom is 0.326 e. The lowest BCUT2D eigenvalue weighted by Crippen LogP contribution is -2.57. The number of carboxylic acid groups (broad SMARTS) is 1. The van der Waals surface area contributed by atoms with Crippen LogP contribution in [0.3, 0.4) is 0 Å². The topological polar surface area (TPSA) is 231 Å². The van der Waals surface area contributed by atoms with Crippen molar-refractivity contribution in [3.8, 4) is 0 Å². The van der Waals surface area contributed by atoms with Crippen molar-refractivity contribution in [2.75, 3.05) is 6.54 Å². The first kappa shape index (κ1) is 30.1. The van der Waals surface area contributed by atoms with Crippen LogP contribution in [0.1, 0.15) is 39.2 Å². The third kappa shape index (κ3) is 8.76. The first-order valence-corrected chi connectivity index (χ1v) is 12.4. The third-order valence-corrected chi connectivity index (χ3v) is 6.06. The fraction of sp³-hybridized carbons (Fsp3) is 0.480. The lowest BCUT2D eigenvalue weighted by Gasteiger charge is -2.24. The van der Waals surface area contributed by atoms with Gasteiger partial charge in [-0.1, -0.05) is 32.0 Å². The molecule has 1 aromatic heterocycles. The number of aromatic amines is 1. The van der Waals surface area contributed by atoms with Crippen LogP contribution in [-0.2, 0) is 25.6 Å². The highest BCUT2D eigenvalue weighted by Gasteiger charge is 2.29. The summed E-state index contributed by atoms with van der Waals surface area (Å²) in [7, 11) is 0. The number of para-hydroxylation sites is 1. The van der Waals surface area contributed by atoms with Gasteiger partial charge in [-0.15, -0.1) is 0 Å². The van der Waals surface area contributed by atoms with E-state index >= 15 is 0 Å². The Morgan fingerprint density at radius 3 is 2.26 bits per heavy atom. The number of nitrogens with two attached hydrogens (primary N) is 3. The van der Waals surface area contributed by atoms with Crippen LogP contribution in [0.2, 0.25) is 0 Å². The van der Waals surface area contributed by atoms with Gasteiger partial charge in [0.25, 0.3) is 0 Å². The Morgan fingerprint density at radius 1 is 0.974 bits per heavy atom. The van der Waals surface area contributed by atoms with Crippen LogP contribution in [0.5, 0.6) is 0 Å². The number of aliphatic carboxylic acids is 1. The number of guanidine groups is 1. The summed E-state index contributed by atoms with van der Waals surface area (Å²) in [4.78, 5) is 57.3. The molecule has 0 radical (unpaired) electrons. The molecule has 2 aromatic rings. The number of benzene rings is 1. The van der Waals surface area contributed by atoms with Crippen LogP contribution in [0, 0.1) is 5.92 Å². The number of aliphatic imine (C=N–C) groups is 1. The fourth-order valence-electron chi connectivity index (χ4n) is 3.74. The number of fused-ring (bicyclic) bond motifs is 1. The van der Waals surface area contributed by atoms with E-state index in [1.165, 1.54) is 6.92 Å². The van der Waals surface area contributed by atoms with Gasteiger partial charge in [0.2, 0.25) is 17.7 Å². The molecule has 0 aliphatic heterocycles. The van der Waals surface area contributed by atoms with Gasteiger partial charge in [-0.2, -0.15) is 0 Å². The molecule has 0 aliphatic rings. The van der Waals surface area contributed by atoms with Crippen molar-refractivity contribution >= 4 is 40.6 Å². The highest BCUT2D eigenvalue weighted by molar-refractivity contribution is 5.94. The number of rotatable bonds is 14. The number of H-pyrrole nitrogens is 1. The molecule has 1 heterocycles. The molecule has 208 valence electrons. The van der Waals surface area contributed by atoms with E-state index < -0.39 is 47.9 Å². The summed E-state index contributed by atoms with van der Waals surface area (Å²) in [6.45, 7) is 5.25. The minimum atomic E-state index is -1.23. The average Bonchev–Trinajstić information content (AvgIpc) is 3.27. The zero-order valence-electron chi connectivity index (χ0n) is 21.9. The minimum absolute atomic E-state index is 0.0746. The van der Waals surface area contributed by atoms with Crippen LogP contribution in [-0.4, -0.2) is 70.5 Å². The van der Waals surface area contributed by atoms with E-state index in [0.29, 0.717) is 6.42 Å². The lowest BCUT2D eigenvalue weighted by molar-refractivity contribution is -0.142. The molecule has 0 spiro atoms. The molecule has 1 aromatic carbocycles. The second kappa shape index (κ2) is 14.0. The Balaban J connectivity index is 2.20. The van der Waals surface area contributed by atoms with Crippen LogP contribution in [0.25, 0.3) is 10.9 Å². The van der Waals surface area contributed by atoms with Crippen molar-refractivity contribution in [2.45, 2.75) is 64.2 Å². The molecule has 13 heteroatoms. The quantitative estimate of drug-likeness (QED) is 0.0882. The average molecular weight is 531 g/mol. The predicted molar refractivity (Wildman–Crippen MR) is 144 cm³/mol. The van der Waals surface area contributed by atoms with Crippen molar-refractivity contribution in [1.29, 1.82) is 0 Å². The van der Waals surface area contributed by atoms with Gasteiger partial charge in [0.15, 0.2) is 5.96 Å². The molecule has 0 saturated carbocycles. The van der Waals surface area contributed by atoms with Crippen molar-refractivity contribution in [3.05, 3.63) is 36.0 Å². The van der Waals surface area contributed by atoms with Gasteiger partial charge in [-0.3, -0.25) is 19.4 Å².